The predicted molar refractivity (Wildman–Crippen MR) is 75.9 cm³/mol. The van der Waals surface area contributed by atoms with E-state index in [-0.39, 0.29) is 13.2 Å². The van der Waals surface area contributed by atoms with Crippen LogP contribution in [0.15, 0.2) is 30.3 Å². The highest BCUT2D eigenvalue weighted by atomic mass is 32.2. The van der Waals surface area contributed by atoms with Gasteiger partial charge in [0.25, 0.3) is 0 Å². The molecule has 5 nitrogen and oxygen atoms in total. The molecule has 2 rings (SSSR count). The molecular weight excluding hydrogens is 278 g/mol. The summed E-state index contributed by atoms with van der Waals surface area (Å²) in [7, 11) is -3.39. The topological polar surface area (TPSA) is 86.5 Å². The maximum Gasteiger partial charge on any atom is 0.315 e. The van der Waals surface area contributed by atoms with E-state index in [0.29, 0.717) is 0 Å². The Hall–Kier alpha value is -1.40. The molecule has 0 bridgehead atoms. The summed E-state index contributed by atoms with van der Waals surface area (Å²) in [6.45, 7) is 1.86. The third-order valence-corrected chi connectivity index (χ3v) is 5.48. The summed E-state index contributed by atoms with van der Waals surface area (Å²) < 4.78 is 29.0. The lowest BCUT2D eigenvalue weighted by Crippen LogP contribution is -2.33. The lowest BCUT2D eigenvalue weighted by molar-refractivity contribution is -0.149. The number of carbonyl (C=O) groups is 1. The van der Waals surface area contributed by atoms with Crippen molar-refractivity contribution in [2.75, 3.05) is 19.4 Å². The first kappa shape index (κ1) is 15.0. The lowest BCUT2D eigenvalue weighted by Gasteiger charge is -2.14. The number of esters is 1. The molecule has 20 heavy (non-hydrogen) atoms. The van der Waals surface area contributed by atoms with Crippen LogP contribution in [-0.2, 0) is 19.4 Å². The van der Waals surface area contributed by atoms with Gasteiger partial charge in [-0.3, -0.25) is 4.79 Å². The number of ether oxygens (including phenoxy) is 1. The van der Waals surface area contributed by atoms with E-state index in [1.165, 1.54) is 0 Å². The molecule has 1 aliphatic carbocycles. The van der Waals surface area contributed by atoms with Crippen LogP contribution in [0.3, 0.4) is 0 Å². The summed E-state index contributed by atoms with van der Waals surface area (Å²) in [5.74, 6) is -0.950. The van der Waals surface area contributed by atoms with Gasteiger partial charge in [-0.1, -0.05) is 30.3 Å². The van der Waals surface area contributed by atoms with Gasteiger partial charge in [-0.2, -0.15) is 0 Å². The zero-order chi connectivity index (χ0) is 15.0. The highest BCUT2D eigenvalue weighted by Gasteiger charge is 2.74. The number of hydrogen-bond donors (Lipinski definition) is 1. The van der Waals surface area contributed by atoms with Crippen molar-refractivity contribution >= 4 is 15.8 Å². The van der Waals surface area contributed by atoms with E-state index in [0.717, 1.165) is 11.8 Å². The third-order valence-electron chi connectivity index (χ3n) is 3.87. The average Bonchev–Trinajstić information content (AvgIpc) is 3.11. The molecule has 1 fully saturated rings. The number of nitrogens with two attached hydrogens (primary N) is 1. The van der Waals surface area contributed by atoms with E-state index in [1.807, 2.05) is 30.3 Å². The number of carbonyl (C=O) groups excluding carboxylic acids is 1. The van der Waals surface area contributed by atoms with Crippen molar-refractivity contribution in [3.8, 4) is 0 Å². The molecule has 0 saturated heterocycles. The van der Waals surface area contributed by atoms with Crippen LogP contribution in [0, 0.1) is 5.41 Å². The first-order valence-corrected chi connectivity index (χ1v) is 8.46. The molecule has 110 valence electrons. The standard InChI is InChI=1S/C14H19NO4S/c1-3-19-13(16)14(9-15)11(12(14)20(2,17)18)10-7-5-4-6-8-10/h4-8,11-12H,3,9,15H2,1-2H3/t11-,12-,14-/m0/s1. The molecule has 1 aliphatic rings. The molecule has 0 aliphatic heterocycles. The Morgan fingerprint density at radius 1 is 1.35 bits per heavy atom. The molecule has 3 atom stereocenters. The van der Waals surface area contributed by atoms with E-state index >= 15 is 0 Å². The first-order valence-electron chi connectivity index (χ1n) is 6.50. The average molecular weight is 297 g/mol. The van der Waals surface area contributed by atoms with Crippen LogP contribution in [0.2, 0.25) is 0 Å². The monoisotopic (exact) mass is 297 g/mol. The van der Waals surface area contributed by atoms with Crippen LogP contribution in [0.1, 0.15) is 18.4 Å². The number of benzene rings is 1. The molecule has 2 N–H and O–H groups in total. The molecule has 6 heteroatoms. The SMILES string of the molecule is CCOC(=O)[C@@]1(CN)[C@@H](c2ccccc2)[C@@H]1S(C)(=O)=O. The van der Waals surface area contributed by atoms with Crippen molar-refractivity contribution in [2.45, 2.75) is 18.1 Å². The number of sulfone groups is 1. The minimum absolute atomic E-state index is 0.0386. The van der Waals surface area contributed by atoms with Crippen molar-refractivity contribution < 1.29 is 17.9 Å². The summed E-state index contributed by atoms with van der Waals surface area (Å²) in [5.41, 5.74) is 5.41. The Morgan fingerprint density at radius 2 is 1.95 bits per heavy atom. The Bertz CT molecular complexity index is 599. The molecule has 0 unspecified atom stereocenters. The second-order valence-corrected chi connectivity index (χ2v) is 7.27. The van der Waals surface area contributed by atoms with Crippen molar-refractivity contribution in [3.63, 3.8) is 0 Å². The van der Waals surface area contributed by atoms with E-state index in [4.69, 9.17) is 10.5 Å². The maximum atomic E-state index is 12.2. The first-order chi connectivity index (χ1) is 9.39. The highest BCUT2D eigenvalue weighted by Crippen LogP contribution is 2.62. The minimum Gasteiger partial charge on any atom is -0.465 e. The van der Waals surface area contributed by atoms with E-state index in [9.17, 15) is 13.2 Å². The normalized spacial score (nSPS) is 28.9. The fourth-order valence-corrected chi connectivity index (χ4v) is 4.92. The summed E-state index contributed by atoms with van der Waals surface area (Å²) in [5, 5.41) is -0.804. The fraction of sp³-hybridized carbons (Fsp3) is 0.500. The quantitative estimate of drug-likeness (QED) is 0.809. The number of hydrogen-bond acceptors (Lipinski definition) is 5. The molecule has 1 aromatic carbocycles. The van der Waals surface area contributed by atoms with Gasteiger partial charge < -0.3 is 10.5 Å². The fourth-order valence-electron chi connectivity index (χ4n) is 3.00. The largest absolute Gasteiger partial charge is 0.465 e. The third kappa shape index (κ3) is 2.23. The zero-order valence-corrected chi connectivity index (χ0v) is 12.4. The highest BCUT2D eigenvalue weighted by molar-refractivity contribution is 7.91. The van der Waals surface area contributed by atoms with Gasteiger partial charge in [-0.05, 0) is 12.5 Å². The minimum atomic E-state index is -3.39. The van der Waals surface area contributed by atoms with E-state index < -0.39 is 32.4 Å². The molecule has 1 aromatic rings. The van der Waals surface area contributed by atoms with Gasteiger partial charge in [0.15, 0.2) is 9.84 Å². The Labute approximate surface area is 119 Å². The number of rotatable bonds is 5. The van der Waals surface area contributed by atoms with Gasteiger partial charge in [-0.15, -0.1) is 0 Å². The molecule has 1 saturated carbocycles. The van der Waals surface area contributed by atoms with Crippen LogP contribution in [-0.4, -0.2) is 39.0 Å². The second kappa shape index (κ2) is 5.18. The molecule has 0 heterocycles. The Kier molecular flexibility index (Phi) is 3.88. The van der Waals surface area contributed by atoms with Crippen molar-refractivity contribution in [2.24, 2.45) is 11.1 Å². The van der Waals surface area contributed by atoms with Crippen LogP contribution in [0.25, 0.3) is 0 Å². The zero-order valence-electron chi connectivity index (χ0n) is 11.6. The summed E-state index contributed by atoms with van der Waals surface area (Å²) >= 11 is 0. The van der Waals surface area contributed by atoms with Crippen LogP contribution in [0.4, 0.5) is 0 Å². The van der Waals surface area contributed by atoms with Crippen molar-refractivity contribution in [3.05, 3.63) is 35.9 Å². The Balaban J connectivity index is 2.47. The van der Waals surface area contributed by atoms with Crippen LogP contribution in [0.5, 0.6) is 0 Å². The predicted octanol–water partition coefficient (Wildman–Crippen LogP) is 0.705. The second-order valence-electron chi connectivity index (χ2n) is 5.10. The van der Waals surface area contributed by atoms with Crippen molar-refractivity contribution in [1.29, 1.82) is 0 Å². The summed E-state index contributed by atoms with van der Waals surface area (Å²) in [6.07, 6.45) is 1.14. The van der Waals surface area contributed by atoms with E-state index in [2.05, 4.69) is 0 Å². The Morgan fingerprint density at radius 3 is 2.40 bits per heavy atom. The summed E-state index contributed by atoms with van der Waals surface area (Å²) in [6, 6.07) is 9.12. The molecule has 0 spiro atoms. The van der Waals surface area contributed by atoms with Gasteiger partial charge in [0, 0.05) is 18.7 Å². The van der Waals surface area contributed by atoms with Crippen LogP contribution < -0.4 is 5.73 Å². The maximum absolute atomic E-state index is 12.2. The smallest absolute Gasteiger partial charge is 0.315 e. The molecule has 0 radical (unpaired) electrons. The van der Waals surface area contributed by atoms with Gasteiger partial charge in [0.2, 0.25) is 0 Å². The molecular formula is C14H19NO4S. The van der Waals surface area contributed by atoms with Crippen molar-refractivity contribution in [1.82, 2.24) is 0 Å². The lowest BCUT2D eigenvalue weighted by atomic mass is 9.99. The van der Waals surface area contributed by atoms with E-state index in [1.54, 1.807) is 6.92 Å². The molecule has 0 amide bonds. The van der Waals surface area contributed by atoms with Gasteiger partial charge >= 0.3 is 5.97 Å². The van der Waals surface area contributed by atoms with Gasteiger partial charge in [0.1, 0.15) is 5.41 Å². The van der Waals surface area contributed by atoms with Gasteiger partial charge in [0.05, 0.1) is 11.9 Å². The summed E-state index contributed by atoms with van der Waals surface area (Å²) in [4.78, 5) is 12.2. The van der Waals surface area contributed by atoms with Crippen LogP contribution >= 0.6 is 0 Å². The molecule has 0 aromatic heterocycles. The van der Waals surface area contributed by atoms with Gasteiger partial charge in [-0.25, -0.2) is 8.42 Å².